The molecule has 0 aliphatic carbocycles. The summed E-state index contributed by atoms with van der Waals surface area (Å²) in [6.45, 7) is 6.38. The second-order valence-corrected chi connectivity index (χ2v) is 5.17. The molecule has 2 N–H and O–H groups in total. The van der Waals surface area contributed by atoms with E-state index in [1.54, 1.807) is 17.5 Å². The Morgan fingerprint density at radius 2 is 2.00 bits per heavy atom. The van der Waals surface area contributed by atoms with Crippen LogP contribution >= 0.6 is 11.3 Å². The standard InChI is InChI=1S/C9H12N4S/c1-9(2,3)7-12-5-4-11-8(10)13-6(5)14-7/h4H,1-3H3,(H2,10,11,13). The van der Waals surface area contributed by atoms with Crippen molar-refractivity contribution in [3.8, 4) is 0 Å². The summed E-state index contributed by atoms with van der Waals surface area (Å²) in [6, 6.07) is 0. The van der Waals surface area contributed by atoms with Gasteiger partial charge in [0, 0.05) is 5.41 Å². The molecule has 0 saturated carbocycles. The number of hydrogen-bond donors (Lipinski definition) is 1. The highest BCUT2D eigenvalue weighted by atomic mass is 32.1. The Morgan fingerprint density at radius 3 is 2.64 bits per heavy atom. The van der Waals surface area contributed by atoms with Gasteiger partial charge in [-0.25, -0.2) is 15.0 Å². The number of aromatic nitrogens is 3. The van der Waals surface area contributed by atoms with Crippen LogP contribution in [0.3, 0.4) is 0 Å². The molecule has 0 amide bonds. The number of nitrogens with zero attached hydrogens (tertiary/aromatic N) is 3. The summed E-state index contributed by atoms with van der Waals surface area (Å²) in [7, 11) is 0. The largest absolute Gasteiger partial charge is 0.368 e. The summed E-state index contributed by atoms with van der Waals surface area (Å²) in [5.74, 6) is 0.307. The van der Waals surface area contributed by atoms with Gasteiger partial charge in [-0.1, -0.05) is 32.1 Å². The van der Waals surface area contributed by atoms with Crippen LogP contribution in [0.5, 0.6) is 0 Å². The lowest BCUT2D eigenvalue weighted by atomic mass is 9.98. The van der Waals surface area contributed by atoms with Gasteiger partial charge in [0.15, 0.2) is 0 Å². The quantitative estimate of drug-likeness (QED) is 0.718. The molecule has 2 rings (SSSR count). The van der Waals surface area contributed by atoms with Crippen LogP contribution in [-0.2, 0) is 5.41 Å². The molecule has 5 heteroatoms. The van der Waals surface area contributed by atoms with Crippen molar-refractivity contribution in [1.29, 1.82) is 0 Å². The minimum Gasteiger partial charge on any atom is -0.368 e. The van der Waals surface area contributed by atoms with Crippen LogP contribution in [-0.4, -0.2) is 15.0 Å². The van der Waals surface area contributed by atoms with Crippen molar-refractivity contribution in [2.75, 3.05) is 5.73 Å². The molecule has 0 unspecified atom stereocenters. The molecule has 2 aromatic heterocycles. The maximum atomic E-state index is 5.50. The second-order valence-electron chi connectivity index (χ2n) is 4.19. The predicted octanol–water partition coefficient (Wildman–Crippen LogP) is 1.97. The van der Waals surface area contributed by atoms with Crippen molar-refractivity contribution in [2.45, 2.75) is 26.2 Å². The van der Waals surface area contributed by atoms with Gasteiger partial charge >= 0.3 is 0 Å². The van der Waals surface area contributed by atoms with Gasteiger partial charge < -0.3 is 5.73 Å². The Bertz CT molecular complexity index is 469. The predicted molar refractivity (Wildman–Crippen MR) is 58.3 cm³/mol. The van der Waals surface area contributed by atoms with Gasteiger partial charge in [-0.3, -0.25) is 0 Å². The lowest BCUT2D eigenvalue weighted by Crippen LogP contribution is -2.09. The number of hydrogen-bond acceptors (Lipinski definition) is 5. The first-order valence-electron chi connectivity index (χ1n) is 4.36. The zero-order valence-corrected chi connectivity index (χ0v) is 9.22. The topological polar surface area (TPSA) is 64.7 Å². The SMILES string of the molecule is CC(C)(C)c1nc2cnc(N)nc2s1. The zero-order chi connectivity index (χ0) is 10.3. The molecule has 0 aliphatic rings. The third kappa shape index (κ3) is 1.55. The minimum absolute atomic E-state index is 0.0557. The van der Waals surface area contributed by atoms with Gasteiger partial charge in [-0.05, 0) is 0 Å². The monoisotopic (exact) mass is 208 g/mol. The highest BCUT2D eigenvalue weighted by molar-refractivity contribution is 7.18. The van der Waals surface area contributed by atoms with E-state index in [2.05, 4.69) is 35.7 Å². The molecule has 0 aromatic carbocycles. The molecule has 2 heterocycles. The summed E-state index contributed by atoms with van der Waals surface area (Å²) in [6.07, 6.45) is 1.67. The van der Waals surface area contributed by atoms with Crippen LogP contribution in [0, 0.1) is 0 Å². The molecule has 0 bridgehead atoms. The van der Waals surface area contributed by atoms with E-state index in [0.29, 0.717) is 5.95 Å². The molecule has 0 atom stereocenters. The van der Waals surface area contributed by atoms with E-state index in [9.17, 15) is 0 Å². The molecule has 2 aromatic rings. The van der Waals surface area contributed by atoms with Gasteiger partial charge in [-0.2, -0.15) is 0 Å². The highest BCUT2D eigenvalue weighted by Crippen LogP contribution is 2.29. The van der Waals surface area contributed by atoms with Crippen LogP contribution in [0.2, 0.25) is 0 Å². The van der Waals surface area contributed by atoms with Crippen LogP contribution < -0.4 is 5.73 Å². The smallest absolute Gasteiger partial charge is 0.221 e. The van der Waals surface area contributed by atoms with Crippen molar-refractivity contribution >= 4 is 27.6 Å². The van der Waals surface area contributed by atoms with Crippen LogP contribution in [0.25, 0.3) is 10.3 Å². The lowest BCUT2D eigenvalue weighted by Gasteiger charge is -2.12. The fourth-order valence-electron chi connectivity index (χ4n) is 1.07. The van der Waals surface area contributed by atoms with E-state index in [1.807, 2.05) is 0 Å². The average molecular weight is 208 g/mol. The first-order chi connectivity index (χ1) is 6.47. The Kier molecular flexibility index (Phi) is 1.92. The lowest BCUT2D eigenvalue weighted by molar-refractivity contribution is 0.587. The van der Waals surface area contributed by atoms with Crippen LogP contribution in [0.4, 0.5) is 5.95 Å². The maximum Gasteiger partial charge on any atom is 0.221 e. The number of thiazole rings is 1. The molecule has 4 nitrogen and oxygen atoms in total. The van der Waals surface area contributed by atoms with Crippen molar-refractivity contribution in [2.24, 2.45) is 0 Å². The molecule has 14 heavy (non-hydrogen) atoms. The van der Waals surface area contributed by atoms with Crippen molar-refractivity contribution in [1.82, 2.24) is 15.0 Å². The van der Waals surface area contributed by atoms with E-state index in [4.69, 9.17) is 5.73 Å². The van der Waals surface area contributed by atoms with E-state index in [-0.39, 0.29) is 5.41 Å². The maximum absolute atomic E-state index is 5.50. The summed E-state index contributed by atoms with van der Waals surface area (Å²) in [5.41, 5.74) is 6.38. The molecule has 0 aliphatic heterocycles. The third-order valence-electron chi connectivity index (χ3n) is 1.81. The van der Waals surface area contributed by atoms with Gasteiger partial charge in [0.2, 0.25) is 5.95 Å². The molecule has 74 valence electrons. The fraction of sp³-hybridized carbons (Fsp3) is 0.444. The van der Waals surface area contributed by atoms with Crippen molar-refractivity contribution < 1.29 is 0 Å². The van der Waals surface area contributed by atoms with Crippen LogP contribution in [0.1, 0.15) is 25.8 Å². The molecule has 0 radical (unpaired) electrons. The van der Waals surface area contributed by atoms with E-state index >= 15 is 0 Å². The summed E-state index contributed by atoms with van der Waals surface area (Å²) in [4.78, 5) is 13.4. The number of nitrogens with two attached hydrogens (primary N) is 1. The van der Waals surface area contributed by atoms with E-state index in [1.165, 1.54) is 0 Å². The van der Waals surface area contributed by atoms with Gasteiger partial charge in [-0.15, -0.1) is 0 Å². The zero-order valence-electron chi connectivity index (χ0n) is 8.40. The van der Waals surface area contributed by atoms with Gasteiger partial charge in [0.05, 0.1) is 6.20 Å². The molecular weight excluding hydrogens is 196 g/mol. The first kappa shape index (κ1) is 9.33. The number of fused-ring (bicyclic) bond motifs is 1. The van der Waals surface area contributed by atoms with E-state index in [0.717, 1.165) is 15.4 Å². The van der Waals surface area contributed by atoms with Gasteiger partial charge in [0.25, 0.3) is 0 Å². The minimum atomic E-state index is 0.0557. The Labute approximate surface area is 86.2 Å². The van der Waals surface area contributed by atoms with Crippen molar-refractivity contribution in [3.63, 3.8) is 0 Å². The fourth-order valence-corrected chi connectivity index (χ4v) is 2.04. The summed E-state index contributed by atoms with van der Waals surface area (Å²) < 4.78 is 0. The Hall–Kier alpha value is -1.23. The number of rotatable bonds is 0. The number of anilines is 1. The Balaban J connectivity index is 2.63. The number of nitrogen functional groups attached to an aromatic ring is 1. The summed E-state index contributed by atoms with van der Waals surface area (Å²) >= 11 is 1.58. The Morgan fingerprint density at radius 1 is 1.29 bits per heavy atom. The van der Waals surface area contributed by atoms with Crippen LogP contribution in [0.15, 0.2) is 6.20 Å². The molecular formula is C9H12N4S. The van der Waals surface area contributed by atoms with Gasteiger partial charge in [0.1, 0.15) is 15.4 Å². The highest BCUT2D eigenvalue weighted by Gasteiger charge is 2.19. The normalized spacial score (nSPS) is 12.2. The summed E-state index contributed by atoms with van der Waals surface area (Å²) in [5, 5.41) is 1.06. The van der Waals surface area contributed by atoms with Crippen molar-refractivity contribution in [3.05, 3.63) is 11.2 Å². The van der Waals surface area contributed by atoms with E-state index < -0.39 is 0 Å². The third-order valence-corrected chi connectivity index (χ3v) is 3.20. The molecule has 0 fully saturated rings. The average Bonchev–Trinajstić information content (AvgIpc) is 2.45. The molecule has 0 saturated heterocycles. The second kappa shape index (κ2) is 2.88. The molecule has 0 spiro atoms. The first-order valence-corrected chi connectivity index (χ1v) is 5.18.